The van der Waals surface area contributed by atoms with Crippen molar-refractivity contribution in [3.05, 3.63) is 29.9 Å². The van der Waals surface area contributed by atoms with Crippen LogP contribution >= 0.6 is 0 Å². The van der Waals surface area contributed by atoms with Crippen LogP contribution in [0.25, 0.3) is 0 Å². The van der Waals surface area contributed by atoms with Crippen molar-refractivity contribution in [3.63, 3.8) is 0 Å². The summed E-state index contributed by atoms with van der Waals surface area (Å²) < 4.78 is 7.13. The molecule has 2 aliphatic heterocycles. The van der Waals surface area contributed by atoms with Crippen LogP contribution in [0.5, 0.6) is 0 Å². The van der Waals surface area contributed by atoms with Crippen molar-refractivity contribution < 1.29 is 9.32 Å². The Hall–Kier alpha value is -2.35. The van der Waals surface area contributed by atoms with E-state index in [4.69, 9.17) is 4.52 Å². The monoisotopic (exact) mass is 330 g/mol. The van der Waals surface area contributed by atoms with Crippen LogP contribution < -0.4 is 4.90 Å². The van der Waals surface area contributed by atoms with Crippen LogP contribution in [0.1, 0.15) is 23.8 Å². The molecule has 128 valence electrons. The number of rotatable bonds is 4. The Morgan fingerprint density at radius 3 is 2.88 bits per heavy atom. The topological polar surface area (TPSA) is 70.6 Å². The number of urea groups is 1. The van der Waals surface area contributed by atoms with Gasteiger partial charge in [0.2, 0.25) is 0 Å². The first kappa shape index (κ1) is 15.2. The summed E-state index contributed by atoms with van der Waals surface area (Å²) in [7, 11) is 1.83. The van der Waals surface area contributed by atoms with Crippen LogP contribution in [-0.2, 0) is 6.54 Å². The molecule has 0 N–H and O–H groups in total. The van der Waals surface area contributed by atoms with E-state index in [2.05, 4.69) is 15.2 Å². The molecule has 0 aromatic carbocycles. The van der Waals surface area contributed by atoms with E-state index in [0.29, 0.717) is 6.04 Å². The highest BCUT2D eigenvalue weighted by Crippen LogP contribution is 2.26. The van der Waals surface area contributed by atoms with Gasteiger partial charge in [0.25, 0.3) is 0 Å². The number of aromatic nitrogens is 3. The fraction of sp³-hybridized carbons (Fsp3) is 0.562. The maximum absolute atomic E-state index is 12.1. The molecule has 1 unspecified atom stereocenters. The van der Waals surface area contributed by atoms with E-state index in [1.54, 1.807) is 22.2 Å². The zero-order chi connectivity index (χ0) is 16.7. The second-order valence-corrected chi connectivity index (χ2v) is 6.62. The largest absolute Gasteiger partial charge is 0.361 e. The van der Waals surface area contributed by atoms with Gasteiger partial charge in [-0.05, 0) is 13.3 Å². The Kier molecular flexibility index (Phi) is 3.76. The molecule has 2 fully saturated rings. The smallest absolute Gasteiger partial charge is 0.324 e. The molecule has 24 heavy (non-hydrogen) atoms. The first-order chi connectivity index (χ1) is 11.6. The Balaban J connectivity index is 1.41. The normalized spacial score (nSPS) is 22.1. The van der Waals surface area contributed by atoms with E-state index in [1.165, 1.54) is 0 Å². The van der Waals surface area contributed by atoms with E-state index < -0.39 is 0 Å². The molecule has 1 atom stereocenters. The highest BCUT2D eigenvalue weighted by Gasteiger charge is 2.29. The minimum atomic E-state index is 0.0468. The fourth-order valence-corrected chi connectivity index (χ4v) is 3.44. The Morgan fingerprint density at radius 2 is 2.17 bits per heavy atom. The minimum Gasteiger partial charge on any atom is -0.361 e. The molecule has 2 aliphatic rings. The lowest BCUT2D eigenvalue weighted by atomic mass is 10.2. The minimum absolute atomic E-state index is 0.0468. The molecular formula is C16H22N6O2. The summed E-state index contributed by atoms with van der Waals surface area (Å²) in [4.78, 5) is 18.0. The summed E-state index contributed by atoms with van der Waals surface area (Å²) in [6, 6.07) is 0.389. The first-order valence-electron chi connectivity index (χ1n) is 8.31. The zero-order valence-corrected chi connectivity index (χ0v) is 14.1. The maximum atomic E-state index is 12.1. The molecule has 0 aliphatic carbocycles. The molecule has 8 heteroatoms. The average molecular weight is 330 g/mol. The van der Waals surface area contributed by atoms with Gasteiger partial charge in [-0.25, -0.2) is 4.79 Å². The fourth-order valence-electron chi connectivity index (χ4n) is 3.44. The number of hydrogen-bond acceptors (Lipinski definition) is 5. The molecular weight excluding hydrogens is 308 g/mol. The molecule has 0 saturated carbocycles. The molecule has 0 bridgehead atoms. The lowest BCUT2D eigenvalue weighted by molar-refractivity contribution is 0.229. The van der Waals surface area contributed by atoms with E-state index in [9.17, 15) is 4.79 Å². The summed E-state index contributed by atoms with van der Waals surface area (Å²) in [6.07, 6.45) is 6.64. The number of aryl methyl sites for hydroxylation is 1. The van der Waals surface area contributed by atoms with Crippen molar-refractivity contribution >= 4 is 11.7 Å². The number of carbonyl (C=O) groups excluding carboxylic acids is 1. The molecule has 2 aromatic rings. The molecule has 2 aromatic heterocycles. The highest BCUT2D eigenvalue weighted by atomic mass is 16.5. The number of nitrogens with zero attached hydrogens (tertiary/aromatic N) is 6. The van der Waals surface area contributed by atoms with Crippen LogP contribution in [0.4, 0.5) is 10.5 Å². The van der Waals surface area contributed by atoms with E-state index in [1.807, 2.05) is 24.9 Å². The molecule has 2 amide bonds. The number of amides is 2. The summed E-state index contributed by atoms with van der Waals surface area (Å²) in [5.41, 5.74) is 2.03. The number of hydrogen-bond donors (Lipinski definition) is 0. The van der Waals surface area contributed by atoms with Gasteiger partial charge in [0.15, 0.2) is 0 Å². The van der Waals surface area contributed by atoms with Crippen molar-refractivity contribution in [2.75, 3.05) is 38.1 Å². The van der Waals surface area contributed by atoms with Crippen LogP contribution in [0, 0.1) is 6.92 Å². The average Bonchev–Trinajstić information content (AvgIpc) is 3.32. The summed E-state index contributed by atoms with van der Waals surface area (Å²) in [5.74, 6) is 0.886. The summed E-state index contributed by atoms with van der Waals surface area (Å²) >= 11 is 0. The number of likely N-dealkylation sites (tertiary alicyclic amines) is 1. The summed E-state index contributed by atoms with van der Waals surface area (Å²) in [6.45, 7) is 6.26. The van der Waals surface area contributed by atoms with Crippen molar-refractivity contribution in [1.82, 2.24) is 24.7 Å². The van der Waals surface area contributed by atoms with Crippen LogP contribution in [0.2, 0.25) is 0 Å². The van der Waals surface area contributed by atoms with Crippen molar-refractivity contribution in [2.45, 2.75) is 25.9 Å². The Morgan fingerprint density at radius 1 is 1.29 bits per heavy atom. The van der Waals surface area contributed by atoms with Gasteiger partial charge >= 0.3 is 6.03 Å². The van der Waals surface area contributed by atoms with Gasteiger partial charge in [-0.2, -0.15) is 5.10 Å². The van der Waals surface area contributed by atoms with E-state index >= 15 is 0 Å². The van der Waals surface area contributed by atoms with Gasteiger partial charge < -0.3 is 9.42 Å². The van der Waals surface area contributed by atoms with Crippen molar-refractivity contribution in [3.8, 4) is 0 Å². The SMILES string of the molecule is Cc1oncc1CN1CCC(n2cc(N3CCN(C)C3=O)cn2)C1. The molecule has 8 nitrogen and oxygen atoms in total. The van der Waals surface area contributed by atoms with Crippen LogP contribution in [0.3, 0.4) is 0 Å². The second kappa shape index (κ2) is 5.94. The molecule has 0 spiro atoms. The van der Waals surface area contributed by atoms with Gasteiger partial charge in [-0.1, -0.05) is 5.16 Å². The molecule has 0 radical (unpaired) electrons. The van der Waals surface area contributed by atoms with Gasteiger partial charge in [-0.15, -0.1) is 0 Å². The van der Waals surface area contributed by atoms with E-state index in [-0.39, 0.29) is 6.03 Å². The predicted octanol–water partition coefficient (Wildman–Crippen LogP) is 1.50. The number of carbonyl (C=O) groups is 1. The third-order valence-electron chi connectivity index (χ3n) is 4.98. The zero-order valence-electron chi connectivity index (χ0n) is 14.1. The van der Waals surface area contributed by atoms with E-state index in [0.717, 1.165) is 56.2 Å². The second-order valence-electron chi connectivity index (χ2n) is 6.62. The highest BCUT2D eigenvalue weighted by molar-refractivity contribution is 5.93. The van der Waals surface area contributed by atoms with Crippen LogP contribution in [0.15, 0.2) is 23.1 Å². The number of anilines is 1. The van der Waals surface area contributed by atoms with Crippen molar-refractivity contribution in [1.29, 1.82) is 0 Å². The lowest BCUT2D eigenvalue weighted by Gasteiger charge is -2.16. The molecule has 2 saturated heterocycles. The Labute approximate surface area is 140 Å². The van der Waals surface area contributed by atoms with Gasteiger partial charge in [-0.3, -0.25) is 14.5 Å². The van der Waals surface area contributed by atoms with Gasteiger partial charge in [0, 0.05) is 51.5 Å². The van der Waals surface area contributed by atoms with Crippen molar-refractivity contribution in [2.24, 2.45) is 0 Å². The van der Waals surface area contributed by atoms with Gasteiger partial charge in [0.1, 0.15) is 5.76 Å². The first-order valence-corrected chi connectivity index (χ1v) is 8.31. The quantitative estimate of drug-likeness (QED) is 0.849. The lowest BCUT2D eigenvalue weighted by Crippen LogP contribution is -2.28. The summed E-state index contributed by atoms with van der Waals surface area (Å²) in [5, 5.41) is 8.34. The maximum Gasteiger partial charge on any atom is 0.324 e. The van der Waals surface area contributed by atoms with Gasteiger partial charge in [0.05, 0.1) is 24.1 Å². The molecule has 4 rings (SSSR count). The molecule has 4 heterocycles. The number of likely N-dealkylation sites (N-methyl/N-ethyl adjacent to an activating group) is 1. The third kappa shape index (κ3) is 2.66. The standard InChI is InChI=1S/C16H22N6O2/c1-12-13(7-18-24-12)9-20-4-3-14(10-20)22-11-15(8-17-22)21-6-5-19(2)16(21)23/h7-8,11,14H,3-6,9-10H2,1-2H3. The third-order valence-corrected chi connectivity index (χ3v) is 4.98. The predicted molar refractivity (Wildman–Crippen MR) is 87.8 cm³/mol. The Bertz CT molecular complexity index is 739. The van der Waals surface area contributed by atoms with Crippen LogP contribution in [-0.4, -0.2) is 64.0 Å².